The average Bonchev–Trinajstić information content (AvgIpc) is 2.88. The normalized spacial score (nSPS) is 54.2. The Morgan fingerprint density at radius 3 is 2.48 bits per heavy atom. The van der Waals surface area contributed by atoms with Gasteiger partial charge < -0.3 is 14.9 Å². The zero-order valence-corrected chi connectivity index (χ0v) is 16.9. The molecule has 4 saturated carbocycles. The Labute approximate surface area is 163 Å². The average molecular weight is 375 g/mol. The van der Waals surface area contributed by atoms with E-state index in [2.05, 4.69) is 19.8 Å². The Morgan fingerprint density at radius 2 is 1.81 bits per heavy atom. The van der Waals surface area contributed by atoms with E-state index in [1.54, 1.807) is 0 Å². The highest BCUT2D eigenvalue weighted by atomic mass is 16.5. The maximum Gasteiger partial charge on any atom is 0.302 e. The molecule has 9 atom stereocenters. The molecule has 0 aromatic heterocycles. The quantitative estimate of drug-likeness (QED) is 0.546. The van der Waals surface area contributed by atoms with Crippen LogP contribution in [0.15, 0.2) is 0 Å². The zero-order valence-electron chi connectivity index (χ0n) is 16.9. The molecule has 0 amide bonds. The van der Waals surface area contributed by atoms with Crippen molar-refractivity contribution in [3.63, 3.8) is 0 Å². The first-order valence-electron chi connectivity index (χ1n) is 10.7. The van der Waals surface area contributed by atoms with Gasteiger partial charge in [0.15, 0.2) is 0 Å². The maximum atomic E-state index is 11.9. The van der Waals surface area contributed by atoms with Gasteiger partial charge in [-0.1, -0.05) is 19.8 Å². The first-order chi connectivity index (χ1) is 12.6. The number of rotatable bonds is 1. The summed E-state index contributed by atoms with van der Waals surface area (Å²) in [5.74, 6) is 3.89. The molecule has 0 aromatic carbocycles. The van der Waals surface area contributed by atoms with Crippen LogP contribution in [0.3, 0.4) is 0 Å². The van der Waals surface area contributed by atoms with E-state index in [-0.39, 0.29) is 40.8 Å². The summed E-state index contributed by atoms with van der Waals surface area (Å²) in [5.41, 5.74) is -1.18. The molecule has 0 bridgehead atoms. The lowest BCUT2D eigenvalue weighted by Crippen LogP contribution is -2.61. The van der Waals surface area contributed by atoms with Crippen molar-refractivity contribution in [1.29, 1.82) is 0 Å². The lowest BCUT2D eigenvalue weighted by atomic mass is 9.43. The van der Waals surface area contributed by atoms with Crippen LogP contribution in [0.5, 0.6) is 0 Å². The number of esters is 1. The van der Waals surface area contributed by atoms with Crippen LogP contribution in [-0.4, -0.2) is 34.0 Å². The van der Waals surface area contributed by atoms with Gasteiger partial charge in [0.1, 0.15) is 11.7 Å². The van der Waals surface area contributed by atoms with Crippen molar-refractivity contribution in [2.75, 3.05) is 0 Å². The Kier molecular flexibility index (Phi) is 4.44. The van der Waals surface area contributed by atoms with E-state index in [9.17, 15) is 15.0 Å². The minimum absolute atomic E-state index is 0.124. The molecular weight excluding hydrogens is 340 g/mol. The largest absolute Gasteiger partial charge is 0.462 e. The van der Waals surface area contributed by atoms with Crippen molar-refractivity contribution in [3.05, 3.63) is 0 Å². The van der Waals surface area contributed by atoms with Gasteiger partial charge in [0.2, 0.25) is 0 Å². The second kappa shape index (κ2) is 6.22. The third-order valence-electron chi connectivity index (χ3n) is 9.34. The van der Waals surface area contributed by atoms with Crippen LogP contribution in [0, 0.1) is 46.8 Å². The van der Waals surface area contributed by atoms with Crippen molar-refractivity contribution in [2.24, 2.45) is 34.5 Å². The number of hydrogen-bond donors (Lipinski definition) is 2. The third-order valence-corrected chi connectivity index (χ3v) is 9.34. The van der Waals surface area contributed by atoms with Gasteiger partial charge in [-0.05, 0) is 74.5 Å². The molecule has 2 N–H and O–H groups in total. The van der Waals surface area contributed by atoms with Crippen LogP contribution < -0.4 is 0 Å². The second-order valence-electron chi connectivity index (χ2n) is 10.3. The molecule has 4 aliphatic rings. The fourth-order valence-corrected chi connectivity index (χ4v) is 7.77. The minimum atomic E-state index is -1.05. The van der Waals surface area contributed by atoms with Crippen LogP contribution in [0.25, 0.3) is 0 Å². The zero-order chi connectivity index (χ0) is 19.6. The highest BCUT2D eigenvalue weighted by molar-refractivity contribution is 5.66. The lowest BCUT2D eigenvalue weighted by molar-refractivity contribution is -0.199. The molecule has 4 heteroatoms. The first kappa shape index (κ1) is 19.3. The predicted octanol–water partition coefficient (Wildman–Crippen LogP) is 3.30. The summed E-state index contributed by atoms with van der Waals surface area (Å²) in [6, 6.07) is 0. The summed E-state index contributed by atoms with van der Waals surface area (Å²) in [4.78, 5) is 11.9. The molecule has 27 heavy (non-hydrogen) atoms. The topological polar surface area (TPSA) is 66.8 Å². The maximum absolute atomic E-state index is 11.9. The summed E-state index contributed by atoms with van der Waals surface area (Å²) in [6.07, 6.45) is 12.5. The van der Waals surface area contributed by atoms with E-state index in [1.807, 2.05) is 0 Å². The Balaban J connectivity index is 1.73. The van der Waals surface area contributed by atoms with Crippen molar-refractivity contribution in [3.8, 4) is 12.3 Å². The van der Waals surface area contributed by atoms with Crippen LogP contribution in [0.2, 0.25) is 0 Å². The van der Waals surface area contributed by atoms with Crippen molar-refractivity contribution in [1.82, 2.24) is 0 Å². The highest BCUT2D eigenvalue weighted by Gasteiger charge is 2.66. The first-order valence-corrected chi connectivity index (χ1v) is 10.7. The van der Waals surface area contributed by atoms with Crippen molar-refractivity contribution < 1.29 is 19.7 Å². The molecule has 0 aliphatic heterocycles. The van der Waals surface area contributed by atoms with Gasteiger partial charge >= 0.3 is 5.97 Å². The summed E-state index contributed by atoms with van der Waals surface area (Å²) < 4.78 is 5.89. The fourth-order valence-electron chi connectivity index (χ4n) is 7.77. The Hall–Kier alpha value is -1.05. The van der Waals surface area contributed by atoms with Crippen LogP contribution >= 0.6 is 0 Å². The molecule has 0 radical (unpaired) electrons. The number of carbonyl (C=O) groups excluding carboxylic acids is 1. The number of ether oxygens (including phenoxy) is 1. The number of aliphatic hydroxyl groups is 2. The molecule has 4 fully saturated rings. The predicted molar refractivity (Wildman–Crippen MR) is 102 cm³/mol. The lowest BCUT2D eigenvalue weighted by Gasteiger charge is -2.62. The molecule has 150 valence electrons. The monoisotopic (exact) mass is 374 g/mol. The number of fused-ring (bicyclic) bond motifs is 5. The summed E-state index contributed by atoms with van der Waals surface area (Å²) in [5, 5.41) is 21.4. The molecule has 4 unspecified atom stereocenters. The van der Waals surface area contributed by atoms with Gasteiger partial charge in [0.25, 0.3) is 0 Å². The summed E-state index contributed by atoms with van der Waals surface area (Å²) in [7, 11) is 0. The highest BCUT2D eigenvalue weighted by Crippen LogP contribution is 2.68. The Morgan fingerprint density at radius 1 is 1.11 bits per heavy atom. The molecule has 0 spiro atoms. The molecule has 4 rings (SSSR count). The fraction of sp³-hybridized carbons (Fsp3) is 0.870. The van der Waals surface area contributed by atoms with Gasteiger partial charge in [-0.15, -0.1) is 6.42 Å². The van der Waals surface area contributed by atoms with Crippen molar-refractivity contribution >= 4 is 5.97 Å². The molecular formula is C23H34O4. The molecule has 0 saturated heterocycles. The number of terminal acetylenes is 1. The summed E-state index contributed by atoms with van der Waals surface area (Å²) >= 11 is 0. The third kappa shape index (κ3) is 2.61. The van der Waals surface area contributed by atoms with E-state index in [1.165, 1.54) is 6.92 Å². The van der Waals surface area contributed by atoms with Gasteiger partial charge in [-0.25, -0.2) is 0 Å². The van der Waals surface area contributed by atoms with E-state index in [4.69, 9.17) is 11.2 Å². The van der Waals surface area contributed by atoms with E-state index < -0.39 is 5.60 Å². The molecule has 0 heterocycles. The minimum Gasteiger partial charge on any atom is -0.462 e. The number of carbonyl (C=O) groups is 1. The second-order valence-corrected chi connectivity index (χ2v) is 10.3. The van der Waals surface area contributed by atoms with E-state index in [0.29, 0.717) is 18.3 Å². The smallest absolute Gasteiger partial charge is 0.302 e. The number of hydrogen-bond acceptors (Lipinski definition) is 4. The van der Waals surface area contributed by atoms with E-state index in [0.717, 1.165) is 44.9 Å². The Bertz CT molecular complexity index is 668. The number of aliphatic hydroxyl groups excluding tert-OH is 1. The van der Waals surface area contributed by atoms with E-state index >= 15 is 0 Å². The van der Waals surface area contributed by atoms with Crippen LogP contribution in [0.1, 0.15) is 72.1 Å². The van der Waals surface area contributed by atoms with Gasteiger partial charge in [0, 0.05) is 18.3 Å². The van der Waals surface area contributed by atoms with Gasteiger partial charge in [-0.2, -0.15) is 0 Å². The van der Waals surface area contributed by atoms with Crippen molar-refractivity contribution in [2.45, 2.75) is 89.9 Å². The van der Waals surface area contributed by atoms with Gasteiger partial charge in [0.05, 0.1) is 6.10 Å². The van der Waals surface area contributed by atoms with Crippen LogP contribution in [-0.2, 0) is 9.53 Å². The summed E-state index contributed by atoms with van der Waals surface area (Å²) in [6.45, 7) is 6.05. The van der Waals surface area contributed by atoms with Crippen LogP contribution in [0.4, 0.5) is 0 Å². The standard InChI is InChI=1S/C23H34O4/c1-5-23(26)11-8-18-20-17(7-10-22(18,23)4)21(3)9-6-16(25)12-15(21)13-19(20)27-14(2)24/h1,15-20,25-26H,6-13H2,2-4H3/t15?,16?,17-,18+,19?,20-,21+,22+,23?/m1/s1. The SMILES string of the molecule is C#CC1(O)CC[C@H]2[C@@H]3C(OC(C)=O)CC4CC(O)CC[C@]4(C)[C@@H]3CC[C@@]21C. The molecule has 4 aliphatic carbocycles. The molecule has 4 nitrogen and oxygen atoms in total. The molecule has 0 aromatic rings. The van der Waals surface area contributed by atoms with Gasteiger partial charge in [-0.3, -0.25) is 4.79 Å².